The van der Waals surface area contributed by atoms with Crippen LogP contribution in [-0.2, 0) is 12.0 Å². The van der Waals surface area contributed by atoms with Crippen molar-refractivity contribution in [2.45, 2.75) is 32.7 Å². The van der Waals surface area contributed by atoms with Gasteiger partial charge in [-0.25, -0.2) is 4.98 Å². The SMILES string of the molecule is CC(C)(C)c1cc(CN2CCN(c3ccccn3)CC2)ccc1O. The minimum Gasteiger partial charge on any atom is -0.508 e. The Kier molecular flexibility index (Phi) is 4.76. The quantitative estimate of drug-likeness (QED) is 0.939. The van der Waals surface area contributed by atoms with Crippen LogP contribution in [0.15, 0.2) is 42.6 Å². The van der Waals surface area contributed by atoms with E-state index in [0.29, 0.717) is 5.75 Å². The van der Waals surface area contributed by atoms with Gasteiger partial charge in [0.05, 0.1) is 0 Å². The van der Waals surface area contributed by atoms with E-state index in [1.807, 2.05) is 30.5 Å². The van der Waals surface area contributed by atoms with Crippen LogP contribution >= 0.6 is 0 Å². The highest BCUT2D eigenvalue weighted by molar-refractivity contribution is 5.41. The average Bonchev–Trinajstić information content (AvgIpc) is 2.57. The van der Waals surface area contributed by atoms with E-state index in [2.05, 4.69) is 47.7 Å². The number of pyridine rings is 1. The van der Waals surface area contributed by atoms with Crippen molar-refractivity contribution in [3.05, 3.63) is 53.7 Å². The van der Waals surface area contributed by atoms with Gasteiger partial charge in [0, 0.05) is 38.9 Å². The number of nitrogens with zero attached hydrogens (tertiary/aromatic N) is 3. The van der Waals surface area contributed by atoms with E-state index in [9.17, 15) is 5.11 Å². The molecule has 2 heterocycles. The van der Waals surface area contributed by atoms with Gasteiger partial charge < -0.3 is 10.0 Å². The Morgan fingerprint density at radius 2 is 1.79 bits per heavy atom. The summed E-state index contributed by atoms with van der Waals surface area (Å²) in [6, 6.07) is 12.1. The van der Waals surface area contributed by atoms with Crippen LogP contribution in [0.3, 0.4) is 0 Å². The summed E-state index contributed by atoms with van der Waals surface area (Å²) in [5.41, 5.74) is 2.24. The average molecular weight is 325 g/mol. The summed E-state index contributed by atoms with van der Waals surface area (Å²) in [6.07, 6.45) is 1.85. The van der Waals surface area contributed by atoms with Gasteiger partial charge in [-0.15, -0.1) is 0 Å². The molecule has 0 unspecified atom stereocenters. The van der Waals surface area contributed by atoms with Gasteiger partial charge in [-0.3, -0.25) is 4.90 Å². The van der Waals surface area contributed by atoms with Crippen molar-refractivity contribution in [2.75, 3.05) is 31.1 Å². The second-order valence-corrected chi connectivity index (χ2v) is 7.55. The molecule has 1 aliphatic rings. The molecule has 4 heteroatoms. The van der Waals surface area contributed by atoms with Crippen molar-refractivity contribution in [1.29, 1.82) is 0 Å². The van der Waals surface area contributed by atoms with Gasteiger partial charge in [0.25, 0.3) is 0 Å². The molecule has 1 aromatic carbocycles. The topological polar surface area (TPSA) is 39.6 Å². The Balaban J connectivity index is 1.62. The van der Waals surface area contributed by atoms with Crippen molar-refractivity contribution in [3.63, 3.8) is 0 Å². The highest BCUT2D eigenvalue weighted by Gasteiger charge is 2.21. The first-order valence-electron chi connectivity index (χ1n) is 8.64. The van der Waals surface area contributed by atoms with E-state index < -0.39 is 0 Å². The number of aromatic nitrogens is 1. The molecule has 24 heavy (non-hydrogen) atoms. The predicted molar refractivity (Wildman–Crippen MR) is 98.5 cm³/mol. The van der Waals surface area contributed by atoms with Crippen LogP contribution in [0, 0.1) is 0 Å². The molecule has 3 rings (SSSR count). The maximum Gasteiger partial charge on any atom is 0.128 e. The lowest BCUT2D eigenvalue weighted by Crippen LogP contribution is -2.46. The number of rotatable bonds is 3. The number of aromatic hydroxyl groups is 1. The zero-order chi connectivity index (χ0) is 17.2. The van der Waals surface area contributed by atoms with Crippen LogP contribution in [-0.4, -0.2) is 41.2 Å². The smallest absolute Gasteiger partial charge is 0.128 e. The van der Waals surface area contributed by atoms with Crippen LogP contribution < -0.4 is 4.90 Å². The summed E-state index contributed by atoms with van der Waals surface area (Å²) in [5.74, 6) is 1.46. The number of phenolic OH excluding ortho intramolecular Hbond substituents is 1. The second-order valence-electron chi connectivity index (χ2n) is 7.55. The summed E-state index contributed by atoms with van der Waals surface area (Å²) in [4.78, 5) is 9.25. The maximum atomic E-state index is 10.1. The number of anilines is 1. The molecule has 0 radical (unpaired) electrons. The fraction of sp³-hybridized carbons (Fsp3) is 0.450. The molecule has 128 valence electrons. The van der Waals surface area contributed by atoms with Gasteiger partial charge in [0.1, 0.15) is 11.6 Å². The molecule has 0 amide bonds. The second kappa shape index (κ2) is 6.81. The number of benzene rings is 1. The molecule has 1 aromatic heterocycles. The number of phenols is 1. The molecule has 0 atom stereocenters. The first-order valence-corrected chi connectivity index (χ1v) is 8.64. The van der Waals surface area contributed by atoms with E-state index in [1.54, 1.807) is 0 Å². The number of hydrogen-bond donors (Lipinski definition) is 1. The standard InChI is InChI=1S/C20H27N3O/c1-20(2,3)17-14-16(7-8-18(17)24)15-22-10-12-23(13-11-22)19-6-4-5-9-21-19/h4-9,14,24H,10-13,15H2,1-3H3. The maximum absolute atomic E-state index is 10.1. The first-order chi connectivity index (χ1) is 11.4. The number of piperazine rings is 1. The summed E-state index contributed by atoms with van der Waals surface area (Å²) in [6.45, 7) is 11.4. The highest BCUT2D eigenvalue weighted by atomic mass is 16.3. The van der Waals surface area contributed by atoms with Gasteiger partial charge in [-0.2, -0.15) is 0 Å². The molecule has 0 saturated carbocycles. The van der Waals surface area contributed by atoms with E-state index in [0.717, 1.165) is 44.1 Å². The summed E-state index contributed by atoms with van der Waals surface area (Å²) in [5, 5.41) is 10.1. The largest absolute Gasteiger partial charge is 0.508 e. The third-order valence-corrected chi connectivity index (χ3v) is 4.62. The summed E-state index contributed by atoms with van der Waals surface area (Å²) < 4.78 is 0. The van der Waals surface area contributed by atoms with Crippen LogP contribution in [0.25, 0.3) is 0 Å². The lowest BCUT2D eigenvalue weighted by molar-refractivity contribution is 0.249. The molecular formula is C20H27N3O. The van der Waals surface area contributed by atoms with E-state index in [-0.39, 0.29) is 5.41 Å². The normalized spacial score (nSPS) is 16.4. The van der Waals surface area contributed by atoms with Gasteiger partial charge in [0.2, 0.25) is 0 Å². The van der Waals surface area contributed by atoms with Gasteiger partial charge in [-0.1, -0.05) is 39.0 Å². The molecule has 1 saturated heterocycles. The van der Waals surface area contributed by atoms with Crippen LogP contribution in [0.2, 0.25) is 0 Å². The van der Waals surface area contributed by atoms with Crippen molar-refractivity contribution in [2.24, 2.45) is 0 Å². The molecule has 1 aliphatic heterocycles. The Labute approximate surface area is 144 Å². The fourth-order valence-electron chi connectivity index (χ4n) is 3.22. The molecule has 1 N–H and O–H groups in total. The van der Waals surface area contributed by atoms with Crippen molar-refractivity contribution >= 4 is 5.82 Å². The van der Waals surface area contributed by atoms with Gasteiger partial charge in [0.15, 0.2) is 0 Å². The summed E-state index contributed by atoms with van der Waals surface area (Å²) >= 11 is 0. The fourth-order valence-corrected chi connectivity index (χ4v) is 3.22. The molecule has 1 fully saturated rings. The van der Waals surface area contributed by atoms with Gasteiger partial charge in [-0.05, 0) is 34.7 Å². The predicted octanol–water partition coefficient (Wildman–Crippen LogP) is 3.41. The highest BCUT2D eigenvalue weighted by Crippen LogP contribution is 2.31. The molecule has 0 bridgehead atoms. The molecule has 4 nitrogen and oxygen atoms in total. The van der Waals surface area contributed by atoms with E-state index in [4.69, 9.17) is 0 Å². The lowest BCUT2D eigenvalue weighted by atomic mass is 9.85. The van der Waals surface area contributed by atoms with Gasteiger partial charge >= 0.3 is 0 Å². The Morgan fingerprint density at radius 1 is 1.04 bits per heavy atom. The lowest BCUT2D eigenvalue weighted by Gasteiger charge is -2.35. The molecule has 2 aromatic rings. The molecule has 0 spiro atoms. The Hall–Kier alpha value is -2.07. The zero-order valence-electron chi connectivity index (χ0n) is 14.9. The van der Waals surface area contributed by atoms with E-state index >= 15 is 0 Å². The first kappa shape index (κ1) is 16.8. The Morgan fingerprint density at radius 3 is 2.42 bits per heavy atom. The van der Waals surface area contributed by atoms with Crippen molar-refractivity contribution in [3.8, 4) is 5.75 Å². The van der Waals surface area contributed by atoms with Crippen molar-refractivity contribution < 1.29 is 5.11 Å². The third-order valence-electron chi connectivity index (χ3n) is 4.62. The minimum absolute atomic E-state index is 0.0439. The number of hydrogen-bond acceptors (Lipinski definition) is 4. The molecule has 0 aliphatic carbocycles. The van der Waals surface area contributed by atoms with E-state index in [1.165, 1.54) is 5.56 Å². The monoisotopic (exact) mass is 325 g/mol. The molecular weight excluding hydrogens is 298 g/mol. The summed E-state index contributed by atoms with van der Waals surface area (Å²) in [7, 11) is 0. The Bertz CT molecular complexity index is 671. The van der Waals surface area contributed by atoms with Crippen molar-refractivity contribution in [1.82, 2.24) is 9.88 Å². The van der Waals surface area contributed by atoms with Crippen LogP contribution in [0.5, 0.6) is 5.75 Å². The zero-order valence-corrected chi connectivity index (χ0v) is 14.9. The minimum atomic E-state index is -0.0439. The van der Waals surface area contributed by atoms with Crippen LogP contribution in [0.1, 0.15) is 31.9 Å². The third kappa shape index (κ3) is 3.88. The van der Waals surface area contributed by atoms with Crippen LogP contribution in [0.4, 0.5) is 5.82 Å².